The number of hydrogen-bond acceptors (Lipinski definition) is 3. The van der Waals surface area contributed by atoms with E-state index in [4.69, 9.17) is 0 Å². The summed E-state index contributed by atoms with van der Waals surface area (Å²) in [4.78, 5) is 1.69. The zero-order valence-electron chi connectivity index (χ0n) is 14.8. The third-order valence-corrected chi connectivity index (χ3v) is 8.74. The maximum absolute atomic E-state index is 3.93. The van der Waals surface area contributed by atoms with Gasteiger partial charge in [-0.1, -0.05) is 31.7 Å². The summed E-state index contributed by atoms with van der Waals surface area (Å²) in [5, 5.41) is 10.2. The van der Waals surface area contributed by atoms with Gasteiger partial charge < -0.3 is 10.6 Å². The van der Waals surface area contributed by atoms with Gasteiger partial charge in [0.05, 0.1) is 0 Å². The Bertz CT molecular complexity index is 510. The molecule has 0 aromatic carbocycles. The van der Waals surface area contributed by atoms with Gasteiger partial charge in [0.15, 0.2) is 0 Å². The summed E-state index contributed by atoms with van der Waals surface area (Å²) in [6, 6.07) is 6.38. The average molecular weight is 345 g/mol. The molecule has 0 amide bonds. The fourth-order valence-electron chi connectivity index (χ4n) is 6.74. The standard InChI is InChI=1S/C21H32N2S/c1-3-8-18-14(6-1)16(12-22-18)21(20-10-5-11-24-20)17-13-23-19-9-4-2-7-15(17)19/h5,10-11,14-19,21-23H,1-4,6-9,12-13H2. The summed E-state index contributed by atoms with van der Waals surface area (Å²) >= 11 is 2.03. The molecule has 2 saturated heterocycles. The van der Waals surface area contributed by atoms with Crippen LogP contribution in [0.4, 0.5) is 0 Å². The van der Waals surface area contributed by atoms with Gasteiger partial charge in [0.2, 0.25) is 0 Å². The molecule has 4 fully saturated rings. The van der Waals surface area contributed by atoms with E-state index in [1.54, 1.807) is 4.88 Å². The van der Waals surface area contributed by atoms with E-state index >= 15 is 0 Å². The second-order valence-electron chi connectivity index (χ2n) is 8.80. The molecule has 2 nitrogen and oxygen atoms in total. The van der Waals surface area contributed by atoms with Crippen LogP contribution in [0.15, 0.2) is 17.5 Å². The first-order valence-corrected chi connectivity index (χ1v) is 11.3. The molecule has 1 aromatic heterocycles. The highest BCUT2D eigenvalue weighted by atomic mass is 32.1. The first kappa shape index (κ1) is 15.8. The number of rotatable bonds is 3. The van der Waals surface area contributed by atoms with Gasteiger partial charge in [-0.3, -0.25) is 0 Å². The lowest BCUT2D eigenvalue weighted by atomic mass is 9.66. The van der Waals surface area contributed by atoms with Crippen LogP contribution in [0, 0.1) is 23.7 Å². The molecule has 6 atom stereocenters. The molecule has 1 aromatic rings. The topological polar surface area (TPSA) is 24.1 Å². The molecule has 3 heteroatoms. The van der Waals surface area contributed by atoms with Crippen molar-refractivity contribution >= 4 is 11.3 Å². The highest BCUT2D eigenvalue weighted by Crippen LogP contribution is 2.51. The van der Waals surface area contributed by atoms with Crippen molar-refractivity contribution in [2.75, 3.05) is 13.1 Å². The van der Waals surface area contributed by atoms with E-state index in [0.717, 1.165) is 41.7 Å². The van der Waals surface area contributed by atoms with Crippen LogP contribution in [0.2, 0.25) is 0 Å². The minimum atomic E-state index is 0.797. The Hall–Kier alpha value is -0.380. The molecule has 0 radical (unpaired) electrons. The summed E-state index contributed by atoms with van der Waals surface area (Å²) in [6.45, 7) is 2.54. The normalized spacial score (nSPS) is 43.3. The van der Waals surface area contributed by atoms with Crippen LogP contribution in [0.3, 0.4) is 0 Å². The van der Waals surface area contributed by atoms with E-state index in [1.165, 1.54) is 64.5 Å². The van der Waals surface area contributed by atoms with E-state index in [2.05, 4.69) is 28.1 Å². The average Bonchev–Trinajstić information content (AvgIpc) is 3.36. The number of thiophene rings is 1. The van der Waals surface area contributed by atoms with Crippen LogP contribution in [0.1, 0.15) is 62.2 Å². The van der Waals surface area contributed by atoms with Crippen molar-refractivity contribution in [2.45, 2.75) is 69.4 Å². The van der Waals surface area contributed by atoms with Crippen LogP contribution in [-0.4, -0.2) is 25.2 Å². The fourth-order valence-corrected chi connectivity index (χ4v) is 7.71. The first-order valence-electron chi connectivity index (χ1n) is 10.4. The summed E-state index contributed by atoms with van der Waals surface area (Å²) in [5.74, 6) is 4.43. The van der Waals surface area contributed by atoms with E-state index < -0.39 is 0 Å². The molecule has 5 rings (SSSR count). The zero-order chi connectivity index (χ0) is 15.9. The molecule has 2 aliphatic heterocycles. The molecule has 2 N–H and O–H groups in total. The van der Waals surface area contributed by atoms with Gasteiger partial charge >= 0.3 is 0 Å². The molecule has 2 saturated carbocycles. The summed E-state index contributed by atoms with van der Waals surface area (Å²) in [7, 11) is 0. The molecular weight excluding hydrogens is 312 g/mol. The molecule has 6 unspecified atom stereocenters. The number of fused-ring (bicyclic) bond motifs is 2. The second kappa shape index (κ2) is 6.74. The Kier molecular flexibility index (Phi) is 4.45. The zero-order valence-corrected chi connectivity index (χ0v) is 15.6. The van der Waals surface area contributed by atoms with Gasteiger partial charge in [-0.2, -0.15) is 0 Å². The van der Waals surface area contributed by atoms with E-state index in [-0.39, 0.29) is 0 Å². The Balaban J connectivity index is 1.45. The molecule has 3 heterocycles. The minimum absolute atomic E-state index is 0.797. The van der Waals surface area contributed by atoms with Crippen LogP contribution in [0.25, 0.3) is 0 Å². The van der Waals surface area contributed by atoms with Gasteiger partial charge in [-0.05, 0) is 73.9 Å². The maximum atomic E-state index is 3.93. The predicted molar refractivity (Wildman–Crippen MR) is 102 cm³/mol. The van der Waals surface area contributed by atoms with E-state index in [9.17, 15) is 0 Å². The van der Waals surface area contributed by atoms with Gasteiger partial charge in [0.1, 0.15) is 0 Å². The van der Waals surface area contributed by atoms with Crippen LogP contribution < -0.4 is 10.6 Å². The Morgan fingerprint density at radius 1 is 0.833 bits per heavy atom. The smallest absolute Gasteiger partial charge is 0.00987 e. The highest BCUT2D eigenvalue weighted by Gasteiger charge is 2.49. The fraction of sp³-hybridized carbons (Fsp3) is 0.810. The lowest BCUT2D eigenvalue weighted by Crippen LogP contribution is -2.35. The lowest BCUT2D eigenvalue weighted by molar-refractivity contribution is 0.177. The van der Waals surface area contributed by atoms with Gasteiger partial charge in [0.25, 0.3) is 0 Å². The van der Waals surface area contributed by atoms with Crippen LogP contribution >= 0.6 is 11.3 Å². The van der Waals surface area contributed by atoms with Crippen molar-refractivity contribution in [3.8, 4) is 0 Å². The number of nitrogens with one attached hydrogen (secondary N) is 2. The highest BCUT2D eigenvalue weighted by molar-refractivity contribution is 7.10. The van der Waals surface area contributed by atoms with Crippen molar-refractivity contribution in [1.82, 2.24) is 10.6 Å². The third kappa shape index (κ3) is 2.68. The number of hydrogen-bond donors (Lipinski definition) is 2. The molecule has 132 valence electrons. The van der Waals surface area contributed by atoms with Crippen LogP contribution in [-0.2, 0) is 0 Å². The quantitative estimate of drug-likeness (QED) is 0.850. The second-order valence-corrected chi connectivity index (χ2v) is 9.77. The molecule has 0 spiro atoms. The first-order chi connectivity index (χ1) is 11.9. The molecule has 4 aliphatic rings. The van der Waals surface area contributed by atoms with Crippen LogP contribution in [0.5, 0.6) is 0 Å². The monoisotopic (exact) mass is 344 g/mol. The lowest BCUT2D eigenvalue weighted by Gasteiger charge is -2.39. The summed E-state index contributed by atoms with van der Waals surface area (Å²) < 4.78 is 0. The van der Waals surface area contributed by atoms with E-state index in [1.807, 2.05) is 11.3 Å². The van der Waals surface area contributed by atoms with Crippen molar-refractivity contribution in [3.05, 3.63) is 22.4 Å². The molecule has 2 aliphatic carbocycles. The van der Waals surface area contributed by atoms with Crippen molar-refractivity contribution < 1.29 is 0 Å². The van der Waals surface area contributed by atoms with Gasteiger partial charge in [-0.15, -0.1) is 11.3 Å². The van der Waals surface area contributed by atoms with Gasteiger partial charge in [-0.25, -0.2) is 0 Å². The van der Waals surface area contributed by atoms with Crippen molar-refractivity contribution in [3.63, 3.8) is 0 Å². The van der Waals surface area contributed by atoms with E-state index in [0.29, 0.717) is 0 Å². The molecular formula is C21H32N2S. The molecule has 0 bridgehead atoms. The van der Waals surface area contributed by atoms with Crippen molar-refractivity contribution in [1.29, 1.82) is 0 Å². The van der Waals surface area contributed by atoms with Gasteiger partial charge in [0, 0.05) is 22.9 Å². The van der Waals surface area contributed by atoms with Crippen molar-refractivity contribution in [2.24, 2.45) is 23.7 Å². The Morgan fingerprint density at radius 3 is 1.96 bits per heavy atom. The SMILES string of the molecule is c1csc(C(C2CNC3CCCCC32)C2CNC3CCCCC32)c1. The third-order valence-electron chi connectivity index (χ3n) is 7.76. The summed E-state index contributed by atoms with van der Waals surface area (Å²) in [6.07, 6.45) is 11.6. The predicted octanol–water partition coefficient (Wildman–Crippen LogP) is 4.39. The Labute approximate surface area is 150 Å². The Morgan fingerprint density at radius 2 is 1.42 bits per heavy atom. The minimum Gasteiger partial charge on any atom is -0.313 e. The summed E-state index contributed by atoms with van der Waals surface area (Å²) in [5.41, 5.74) is 0. The maximum Gasteiger partial charge on any atom is 0.00987 e. The largest absolute Gasteiger partial charge is 0.313 e. The molecule has 24 heavy (non-hydrogen) atoms.